The number of anilines is 1. The normalized spacial score (nSPS) is 13.5. The molecule has 1 aliphatic carbocycles. The van der Waals surface area contributed by atoms with Gasteiger partial charge in [-0.2, -0.15) is 0 Å². The Kier molecular flexibility index (Phi) is 9.57. The topological polar surface area (TPSA) is 96.0 Å². The molecule has 1 aromatic heterocycles. The SMILES string of the molecule is C=C(/C=C\Nc1nc(CS(=O)(=O)/C=C/c2c(OC)cc(OC)cc2OC)ccc1OC)C1=CC=CCC1. The molecule has 2 aromatic rings. The van der Waals surface area contributed by atoms with Gasteiger partial charge in [0.05, 0.1) is 45.4 Å². The van der Waals surface area contributed by atoms with E-state index in [1.54, 1.807) is 30.5 Å². The highest BCUT2D eigenvalue weighted by Crippen LogP contribution is 2.35. The minimum Gasteiger partial charge on any atom is -0.496 e. The molecule has 0 amide bonds. The number of ether oxygens (including phenoxy) is 4. The summed E-state index contributed by atoms with van der Waals surface area (Å²) < 4.78 is 47.2. The van der Waals surface area contributed by atoms with E-state index in [0.29, 0.717) is 40.1 Å². The molecule has 0 aliphatic heterocycles. The number of rotatable bonds is 12. The number of pyridine rings is 1. The van der Waals surface area contributed by atoms with Gasteiger partial charge in [-0.3, -0.25) is 0 Å². The smallest absolute Gasteiger partial charge is 0.177 e. The largest absolute Gasteiger partial charge is 0.496 e. The van der Waals surface area contributed by atoms with Crippen molar-refractivity contribution in [3.8, 4) is 23.0 Å². The Balaban J connectivity index is 1.78. The van der Waals surface area contributed by atoms with Crippen LogP contribution in [-0.4, -0.2) is 41.8 Å². The molecule has 0 spiro atoms. The molecule has 0 saturated heterocycles. The van der Waals surface area contributed by atoms with E-state index in [0.717, 1.165) is 29.4 Å². The number of hydrogen-bond donors (Lipinski definition) is 1. The predicted molar refractivity (Wildman–Crippen MR) is 147 cm³/mol. The zero-order valence-electron chi connectivity index (χ0n) is 21.5. The van der Waals surface area contributed by atoms with Crippen LogP contribution in [0, 0.1) is 0 Å². The molecule has 0 radical (unpaired) electrons. The van der Waals surface area contributed by atoms with Gasteiger partial charge >= 0.3 is 0 Å². The molecule has 1 aliphatic rings. The first-order chi connectivity index (χ1) is 17.8. The Morgan fingerprint density at radius 1 is 1.05 bits per heavy atom. The average Bonchev–Trinajstić information content (AvgIpc) is 2.91. The molecule has 8 nitrogen and oxygen atoms in total. The van der Waals surface area contributed by atoms with E-state index >= 15 is 0 Å². The van der Waals surface area contributed by atoms with Crippen LogP contribution in [0.15, 0.2) is 77.9 Å². The van der Waals surface area contributed by atoms with Gasteiger partial charge in [-0.25, -0.2) is 13.4 Å². The summed E-state index contributed by atoms with van der Waals surface area (Å²) in [5.74, 6) is 1.95. The monoisotopic (exact) mass is 524 g/mol. The van der Waals surface area contributed by atoms with Gasteiger partial charge in [0.1, 0.15) is 17.2 Å². The van der Waals surface area contributed by atoms with E-state index < -0.39 is 9.84 Å². The van der Waals surface area contributed by atoms with Crippen molar-refractivity contribution < 1.29 is 27.4 Å². The van der Waals surface area contributed by atoms with Crippen LogP contribution in [0.3, 0.4) is 0 Å². The van der Waals surface area contributed by atoms with Crippen LogP contribution >= 0.6 is 0 Å². The van der Waals surface area contributed by atoms with Crippen molar-refractivity contribution in [2.75, 3.05) is 33.8 Å². The molecule has 196 valence electrons. The summed E-state index contributed by atoms with van der Waals surface area (Å²) in [6, 6.07) is 6.60. The number of allylic oxidation sites excluding steroid dienone is 6. The van der Waals surface area contributed by atoms with Crippen LogP contribution in [-0.2, 0) is 15.6 Å². The fourth-order valence-corrected chi connectivity index (χ4v) is 4.67. The van der Waals surface area contributed by atoms with Crippen molar-refractivity contribution in [3.63, 3.8) is 0 Å². The van der Waals surface area contributed by atoms with Crippen molar-refractivity contribution in [1.29, 1.82) is 0 Å². The lowest BCUT2D eigenvalue weighted by molar-refractivity contribution is 0.374. The average molecular weight is 525 g/mol. The Hall–Kier alpha value is -3.98. The fourth-order valence-electron chi connectivity index (χ4n) is 3.66. The van der Waals surface area contributed by atoms with Crippen LogP contribution < -0.4 is 24.3 Å². The molecule has 0 unspecified atom stereocenters. The number of benzene rings is 1. The van der Waals surface area contributed by atoms with Gasteiger partial charge in [-0.05, 0) is 48.3 Å². The number of hydrogen-bond acceptors (Lipinski definition) is 8. The summed E-state index contributed by atoms with van der Waals surface area (Å²) in [6.07, 6.45) is 13.1. The van der Waals surface area contributed by atoms with E-state index in [1.807, 2.05) is 18.2 Å². The number of methoxy groups -OCH3 is 4. The molecule has 0 bridgehead atoms. The lowest BCUT2D eigenvalue weighted by atomic mass is 9.98. The maximum Gasteiger partial charge on any atom is 0.177 e. The lowest BCUT2D eigenvalue weighted by Gasteiger charge is -2.12. The summed E-state index contributed by atoms with van der Waals surface area (Å²) in [5, 5.41) is 4.20. The van der Waals surface area contributed by atoms with Crippen molar-refractivity contribution >= 4 is 21.7 Å². The molecule has 1 N–H and O–H groups in total. The first-order valence-electron chi connectivity index (χ1n) is 11.5. The van der Waals surface area contributed by atoms with Gasteiger partial charge in [0.25, 0.3) is 0 Å². The summed E-state index contributed by atoms with van der Waals surface area (Å²) in [6.45, 7) is 4.11. The highest BCUT2D eigenvalue weighted by atomic mass is 32.2. The van der Waals surface area contributed by atoms with Gasteiger partial charge in [0.2, 0.25) is 0 Å². The first-order valence-corrected chi connectivity index (χ1v) is 13.2. The van der Waals surface area contributed by atoms with Crippen molar-refractivity contribution in [2.24, 2.45) is 0 Å². The molecule has 37 heavy (non-hydrogen) atoms. The minimum absolute atomic E-state index is 0.307. The second-order valence-corrected chi connectivity index (χ2v) is 9.96. The van der Waals surface area contributed by atoms with Gasteiger partial charge in [-0.1, -0.05) is 24.8 Å². The van der Waals surface area contributed by atoms with Crippen molar-refractivity contribution in [2.45, 2.75) is 18.6 Å². The molecule has 0 atom stereocenters. The van der Waals surface area contributed by atoms with Crippen LogP contribution in [0.4, 0.5) is 5.82 Å². The van der Waals surface area contributed by atoms with Crippen LogP contribution in [0.25, 0.3) is 6.08 Å². The van der Waals surface area contributed by atoms with Crippen LogP contribution in [0.1, 0.15) is 24.1 Å². The number of nitrogens with zero attached hydrogens (tertiary/aromatic N) is 1. The summed E-state index contributed by atoms with van der Waals surface area (Å²) >= 11 is 0. The lowest BCUT2D eigenvalue weighted by Crippen LogP contribution is -2.05. The third-order valence-corrected chi connectivity index (χ3v) is 6.86. The molecular formula is C28H32N2O6S. The third-order valence-electron chi connectivity index (χ3n) is 5.61. The Morgan fingerprint density at radius 3 is 2.35 bits per heavy atom. The highest BCUT2D eigenvalue weighted by Gasteiger charge is 2.15. The van der Waals surface area contributed by atoms with Gasteiger partial charge < -0.3 is 24.3 Å². The van der Waals surface area contributed by atoms with Crippen LogP contribution in [0.5, 0.6) is 23.0 Å². The predicted octanol–water partition coefficient (Wildman–Crippen LogP) is 5.46. The maximum atomic E-state index is 12.9. The van der Waals surface area contributed by atoms with E-state index in [2.05, 4.69) is 23.0 Å². The van der Waals surface area contributed by atoms with E-state index in [1.165, 1.54) is 34.5 Å². The number of aromatic nitrogens is 1. The molecule has 0 saturated carbocycles. The Bertz CT molecular complexity index is 1330. The van der Waals surface area contributed by atoms with E-state index in [9.17, 15) is 8.42 Å². The number of sulfone groups is 1. The molecular weight excluding hydrogens is 492 g/mol. The summed E-state index contributed by atoms with van der Waals surface area (Å²) in [4.78, 5) is 4.46. The first kappa shape index (κ1) is 27.6. The van der Waals surface area contributed by atoms with E-state index in [-0.39, 0.29) is 5.75 Å². The van der Waals surface area contributed by atoms with Crippen LogP contribution in [0.2, 0.25) is 0 Å². The minimum atomic E-state index is -3.68. The zero-order valence-corrected chi connectivity index (χ0v) is 22.3. The summed E-state index contributed by atoms with van der Waals surface area (Å²) in [5.41, 5.74) is 2.89. The summed E-state index contributed by atoms with van der Waals surface area (Å²) in [7, 11) is 2.35. The van der Waals surface area contributed by atoms with Gasteiger partial charge in [0, 0.05) is 23.7 Å². The van der Waals surface area contributed by atoms with Crippen molar-refractivity contribution in [3.05, 3.63) is 89.2 Å². The molecule has 9 heteroatoms. The third kappa shape index (κ3) is 7.50. The molecule has 0 fully saturated rings. The molecule has 1 aromatic carbocycles. The quantitative estimate of drug-likeness (QED) is 0.366. The molecule has 1 heterocycles. The fraction of sp³-hybridized carbons (Fsp3) is 0.250. The van der Waals surface area contributed by atoms with E-state index in [4.69, 9.17) is 18.9 Å². The Labute approximate surface area is 218 Å². The number of nitrogens with one attached hydrogen (secondary N) is 1. The Morgan fingerprint density at radius 2 is 1.76 bits per heavy atom. The second-order valence-electron chi connectivity index (χ2n) is 8.07. The second kappa shape index (κ2) is 12.8. The zero-order chi connectivity index (χ0) is 26.8. The van der Waals surface area contributed by atoms with Crippen molar-refractivity contribution in [1.82, 2.24) is 4.98 Å². The highest BCUT2D eigenvalue weighted by molar-refractivity contribution is 7.93. The standard InChI is InChI=1S/C28H32N2O6S/c1-20(21-9-7-6-8-10-21)13-15-29-28-25(34-3)12-11-22(30-28)19-37(31,32)16-14-24-26(35-4)17-23(33-2)18-27(24)36-5/h6-7,9,11-18H,1,8,10,19H2,2-5H3,(H,29,30)/b15-13-,16-14+. The van der Waals surface area contributed by atoms with Gasteiger partial charge in [-0.15, -0.1) is 0 Å². The maximum absolute atomic E-state index is 12.9. The molecule has 3 rings (SSSR count). The van der Waals surface area contributed by atoms with Gasteiger partial charge in [0.15, 0.2) is 21.4 Å².